The molecule has 0 aliphatic heterocycles. The van der Waals surface area contributed by atoms with E-state index in [9.17, 15) is 8.42 Å². The van der Waals surface area contributed by atoms with E-state index in [2.05, 4.69) is 4.72 Å². The first kappa shape index (κ1) is 15.2. The molecule has 18 heavy (non-hydrogen) atoms. The SMILES string of the molecule is COc1ccc(S(=O)(=O)NC(CO)CO)cc1Cl. The van der Waals surface area contributed by atoms with E-state index in [1.165, 1.54) is 25.3 Å². The van der Waals surface area contributed by atoms with Gasteiger partial charge in [-0.1, -0.05) is 11.6 Å². The van der Waals surface area contributed by atoms with Gasteiger partial charge in [0.15, 0.2) is 0 Å². The summed E-state index contributed by atoms with van der Waals surface area (Å²) in [5.41, 5.74) is 0. The molecule has 0 unspecified atom stereocenters. The lowest BCUT2D eigenvalue weighted by atomic mass is 10.3. The van der Waals surface area contributed by atoms with Crippen molar-refractivity contribution in [3.05, 3.63) is 23.2 Å². The van der Waals surface area contributed by atoms with Crippen molar-refractivity contribution in [1.29, 1.82) is 0 Å². The first-order valence-electron chi connectivity index (χ1n) is 5.02. The molecular formula is C10H14ClNO5S. The number of methoxy groups -OCH3 is 1. The zero-order chi connectivity index (χ0) is 13.8. The third-order valence-electron chi connectivity index (χ3n) is 2.20. The van der Waals surface area contributed by atoms with Crippen LogP contribution in [0, 0.1) is 0 Å². The van der Waals surface area contributed by atoms with Gasteiger partial charge in [0, 0.05) is 0 Å². The van der Waals surface area contributed by atoms with Crippen LogP contribution in [0.1, 0.15) is 0 Å². The quantitative estimate of drug-likeness (QED) is 0.685. The molecule has 0 bridgehead atoms. The molecule has 0 amide bonds. The Hall–Kier alpha value is -0.860. The van der Waals surface area contributed by atoms with E-state index in [1.807, 2.05) is 0 Å². The molecule has 0 spiro atoms. The van der Waals surface area contributed by atoms with Gasteiger partial charge in [0.25, 0.3) is 0 Å². The number of rotatable bonds is 6. The fraction of sp³-hybridized carbons (Fsp3) is 0.400. The third kappa shape index (κ3) is 3.56. The molecule has 0 aliphatic rings. The minimum Gasteiger partial charge on any atom is -0.495 e. The van der Waals surface area contributed by atoms with Crippen molar-refractivity contribution in [2.45, 2.75) is 10.9 Å². The minimum atomic E-state index is -3.84. The fourth-order valence-corrected chi connectivity index (χ4v) is 2.80. The molecule has 1 rings (SSSR count). The van der Waals surface area contributed by atoms with Gasteiger partial charge >= 0.3 is 0 Å². The molecule has 102 valence electrons. The summed E-state index contributed by atoms with van der Waals surface area (Å²) in [5, 5.41) is 17.8. The number of sulfonamides is 1. The molecule has 0 heterocycles. The highest BCUT2D eigenvalue weighted by Crippen LogP contribution is 2.26. The summed E-state index contributed by atoms with van der Waals surface area (Å²) in [5.74, 6) is 0.358. The van der Waals surface area contributed by atoms with Crippen molar-refractivity contribution in [3.8, 4) is 5.75 Å². The van der Waals surface area contributed by atoms with E-state index in [0.717, 1.165) is 0 Å². The van der Waals surface area contributed by atoms with Crippen LogP contribution in [0.25, 0.3) is 0 Å². The summed E-state index contributed by atoms with van der Waals surface area (Å²) in [6, 6.07) is 3.02. The van der Waals surface area contributed by atoms with Crippen LogP contribution in [0.2, 0.25) is 5.02 Å². The smallest absolute Gasteiger partial charge is 0.241 e. The van der Waals surface area contributed by atoms with Crippen LogP contribution in [-0.2, 0) is 10.0 Å². The Labute approximate surface area is 110 Å². The molecule has 1 aromatic carbocycles. The molecule has 8 heteroatoms. The van der Waals surface area contributed by atoms with Crippen molar-refractivity contribution in [2.24, 2.45) is 0 Å². The predicted octanol–water partition coefficient (Wildman–Crippen LogP) is -0.0199. The van der Waals surface area contributed by atoms with Gasteiger partial charge in [-0.25, -0.2) is 13.1 Å². The van der Waals surface area contributed by atoms with E-state index < -0.39 is 29.3 Å². The Kier molecular flexibility index (Phi) is 5.36. The topological polar surface area (TPSA) is 95.9 Å². The van der Waals surface area contributed by atoms with Gasteiger partial charge in [-0.2, -0.15) is 0 Å². The van der Waals surface area contributed by atoms with Crippen LogP contribution in [0.5, 0.6) is 5.75 Å². The lowest BCUT2D eigenvalue weighted by molar-refractivity contribution is 0.185. The van der Waals surface area contributed by atoms with Gasteiger partial charge in [0.1, 0.15) is 5.75 Å². The van der Waals surface area contributed by atoms with Crippen LogP contribution in [0.3, 0.4) is 0 Å². The van der Waals surface area contributed by atoms with Crippen LogP contribution < -0.4 is 9.46 Å². The second-order valence-electron chi connectivity index (χ2n) is 3.48. The average Bonchev–Trinajstić information content (AvgIpc) is 2.35. The zero-order valence-electron chi connectivity index (χ0n) is 9.63. The van der Waals surface area contributed by atoms with Gasteiger partial charge < -0.3 is 14.9 Å². The van der Waals surface area contributed by atoms with E-state index in [0.29, 0.717) is 5.75 Å². The first-order valence-corrected chi connectivity index (χ1v) is 6.88. The highest BCUT2D eigenvalue weighted by molar-refractivity contribution is 7.89. The summed E-state index contributed by atoms with van der Waals surface area (Å²) < 4.78 is 30.8. The lowest BCUT2D eigenvalue weighted by Gasteiger charge is -2.14. The summed E-state index contributed by atoms with van der Waals surface area (Å²) >= 11 is 5.82. The summed E-state index contributed by atoms with van der Waals surface area (Å²) in [6.07, 6.45) is 0. The third-order valence-corrected chi connectivity index (χ3v) is 4.01. The molecule has 0 saturated carbocycles. The van der Waals surface area contributed by atoms with Crippen molar-refractivity contribution >= 4 is 21.6 Å². The Morgan fingerprint density at radius 2 is 2.00 bits per heavy atom. The Morgan fingerprint density at radius 3 is 2.44 bits per heavy atom. The van der Waals surface area contributed by atoms with Crippen molar-refractivity contribution < 1.29 is 23.4 Å². The van der Waals surface area contributed by atoms with Crippen LogP contribution in [0.4, 0.5) is 0 Å². The maximum atomic E-state index is 11.9. The number of aliphatic hydroxyl groups excluding tert-OH is 2. The predicted molar refractivity (Wildman–Crippen MR) is 66.3 cm³/mol. The average molecular weight is 296 g/mol. The summed E-state index contributed by atoms with van der Waals surface area (Å²) in [7, 11) is -2.42. The molecule has 3 N–H and O–H groups in total. The fourth-order valence-electron chi connectivity index (χ4n) is 1.23. The van der Waals surface area contributed by atoms with Gasteiger partial charge in [0.2, 0.25) is 10.0 Å². The molecule has 0 radical (unpaired) electrons. The number of ether oxygens (including phenoxy) is 1. The van der Waals surface area contributed by atoms with Gasteiger partial charge in [-0.05, 0) is 18.2 Å². The highest BCUT2D eigenvalue weighted by Gasteiger charge is 2.20. The molecule has 0 aromatic heterocycles. The van der Waals surface area contributed by atoms with Crippen molar-refractivity contribution in [3.63, 3.8) is 0 Å². The van der Waals surface area contributed by atoms with Crippen LogP contribution in [0.15, 0.2) is 23.1 Å². The summed E-state index contributed by atoms with van der Waals surface area (Å²) in [6.45, 7) is -1.00. The van der Waals surface area contributed by atoms with E-state index in [-0.39, 0.29) is 9.92 Å². The standard InChI is InChI=1S/C10H14ClNO5S/c1-17-10-3-2-8(4-9(10)11)18(15,16)12-7(5-13)6-14/h2-4,7,12-14H,5-6H2,1H3. The largest absolute Gasteiger partial charge is 0.495 e. The first-order chi connectivity index (χ1) is 8.44. The number of hydrogen-bond donors (Lipinski definition) is 3. The molecular weight excluding hydrogens is 282 g/mol. The van der Waals surface area contributed by atoms with Gasteiger partial charge in [-0.15, -0.1) is 0 Å². The molecule has 0 saturated heterocycles. The second-order valence-corrected chi connectivity index (χ2v) is 5.60. The monoisotopic (exact) mass is 295 g/mol. The van der Waals surface area contributed by atoms with Gasteiger partial charge in [0.05, 0.1) is 36.3 Å². The number of nitrogens with one attached hydrogen (secondary N) is 1. The Bertz CT molecular complexity index is 501. The second kappa shape index (κ2) is 6.35. The van der Waals surface area contributed by atoms with Crippen molar-refractivity contribution in [2.75, 3.05) is 20.3 Å². The minimum absolute atomic E-state index is 0.0693. The summed E-state index contributed by atoms with van der Waals surface area (Å²) in [4.78, 5) is -0.0693. The lowest BCUT2D eigenvalue weighted by Crippen LogP contribution is -2.39. The number of halogens is 1. The number of hydrogen-bond acceptors (Lipinski definition) is 5. The highest BCUT2D eigenvalue weighted by atomic mass is 35.5. The normalized spacial score (nSPS) is 11.8. The molecule has 0 aliphatic carbocycles. The van der Waals surface area contributed by atoms with Crippen LogP contribution in [-0.4, -0.2) is 45.0 Å². The number of benzene rings is 1. The van der Waals surface area contributed by atoms with E-state index in [4.69, 9.17) is 26.6 Å². The number of aliphatic hydroxyl groups is 2. The molecule has 0 fully saturated rings. The maximum absolute atomic E-state index is 11.9. The Morgan fingerprint density at radius 1 is 1.39 bits per heavy atom. The van der Waals surface area contributed by atoms with Gasteiger partial charge in [-0.3, -0.25) is 0 Å². The van der Waals surface area contributed by atoms with E-state index >= 15 is 0 Å². The maximum Gasteiger partial charge on any atom is 0.241 e. The van der Waals surface area contributed by atoms with Crippen molar-refractivity contribution in [1.82, 2.24) is 4.72 Å². The molecule has 6 nitrogen and oxygen atoms in total. The van der Waals surface area contributed by atoms with Crippen LogP contribution >= 0.6 is 11.6 Å². The zero-order valence-corrected chi connectivity index (χ0v) is 11.2. The Balaban J connectivity index is 3.02. The molecule has 0 atom stereocenters. The van der Waals surface area contributed by atoms with E-state index in [1.54, 1.807) is 0 Å². The molecule has 1 aromatic rings.